The first-order valence-corrected chi connectivity index (χ1v) is 6.27. The smallest absolute Gasteiger partial charge is 0.269 e. The number of hydrogen-bond acceptors (Lipinski definition) is 3. The number of aliphatic hydroxyl groups is 1. The Morgan fingerprint density at radius 3 is 2.79 bits per heavy atom. The van der Waals surface area contributed by atoms with E-state index < -0.39 is 0 Å². The van der Waals surface area contributed by atoms with Gasteiger partial charge in [0.05, 0.1) is 18.3 Å². The van der Waals surface area contributed by atoms with Crippen molar-refractivity contribution in [2.75, 3.05) is 6.61 Å². The molecule has 2 aromatic rings. The summed E-state index contributed by atoms with van der Waals surface area (Å²) >= 11 is 0. The van der Waals surface area contributed by atoms with Crippen LogP contribution in [-0.4, -0.2) is 33.9 Å². The molecule has 0 aliphatic heterocycles. The first-order valence-electron chi connectivity index (χ1n) is 6.27. The van der Waals surface area contributed by atoms with Crippen molar-refractivity contribution in [1.29, 1.82) is 0 Å². The molecule has 2 rings (SSSR count). The molecule has 0 aliphatic carbocycles. The first-order chi connectivity index (χ1) is 9.24. The van der Waals surface area contributed by atoms with E-state index in [0.29, 0.717) is 12.1 Å². The predicted molar refractivity (Wildman–Crippen MR) is 72.7 cm³/mol. The lowest BCUT2D eigenvalue weighted by Gasteiger charge is -2.12. The molecule has 0 spiro atoms. The zero-order chi connectivity index (χ0) is 13.7. The maximum atomic E-state index is 11.9. The van der Waals surface area contributed by atoms with E-state index >= 15 is 0 Å². The van der Waals surface area contributed by atoms with Crippen molar-refractivity contribution in [1.82, 2.24) is 15.5 Å². The Morgan fingerprint density at radius 1 is 1.42 bits per heavy atom. The average molecular weight is 259 g/mol. The maximum Gasteiger partial charge on any atom is 0.269 e. The number of aromatic amines is 1. The number of hydrogen-bond donors (Lipinski definition) is 3. The molecule has 1 atom stereocenters. The Kier molecular flexibility index (Phi) is 4.30. The Balaban J connectivity index is 2.11. The third-order valence-corrected chi connectivity index (χ3v) is 2.94. The van der Waals surface area contributed by atoms with Gasteiger partial charge in [0.2, 0.25) is 0 Å². The number of benzene rings is 1. The molecule has 19 heavy (non-hydrogen) atoms. The molecule has 1 amide bonds. The zero-order valence-corrected chi connectivity index (χ0v) is 10.8. The molecular weight excluding hydrogens is 242 g/mol. The Labute approximate surface area is 111 Å². The maximum absolute atomic E-state index is 11.9. The molecule has 1 aromatic carbocycles. The minimum Gasteiger partial charge on any atom is -0.394 e. The molecule has 1 aromatic heterocycles. The van der Waals surface area contributed by atoms with Crippen LogP contribution in [0.25, 0.3) is 11.3 Å². The molecular formula is C14H17N3O2. The van der Waals surface area contributed by atoms with Gasteiger partial charge in [-0.3, -0.25) is 9.89 Å². The van der Waals surface area contributed by atoms with Crippen molar-refractivity contribution in [3.8, 4) is 11.3 Å². The van der Waals surface area contributed by atoms with Gasteiger partial charge in [0, 0.05) is 5.56 Å². The lowest BCUT2D eigenvalue weighted by Crippen LogP contribution is -2.37. The monoisotopic (exact) mass is 259 g/mol. The normalized spacial score (nSPS) is 12.1. The summed E-state index contributed by atoms with van der Waals surface area (Å²) in [5, 5.41) is 18.6. The topological polar surface area (TPSA) is 78.0 Å². The Bertz CT molecular complexity index is 533. The summed E-state index contributed by atoms with van der Waals surface area (Å²) in [4.78, 5) is 11.9. The number of carbonyl (C=O) groups is 1. The molecule has 0 unspecified atom stereocenters. The number of nitrogens with zero attached hydrogens (tertiary/aromatic N) is 1. The molecule has 5 heteroatoms. The summed E-state index contributed by atoms with van der Waals surface area (Å²) in [6.45, 7) is 1.84. The van der Waals surface area contributed by atoms with Crippen LogP contribution in [0.3, 0.4) is 0 Å². The van der Waals surface area contributed by atoms with Gasteiger partial charge >= 0.3 is 0 Å². The summed E-state index contributed by atoms with van der Waals surface area (Å²) in [6, 6.07) is 11.1. The van der Waals surface area contributed by atoms with Crippen LogP contribution in [0.4, 0.5) is 0 Å². The second-order valence-corrected chi connectivity index (χ2v) is 4.29. The van der Waals surface area contributed by atoms with E-state index in [2.05, 4.69) is 15.5 Å². The van der Waals surface area contributed by atoms with Gasteiger partial charge in [-0.2, -0.15) is 5.10 Å². The highest BCUT2D eigenvalue weighted by Crippen LogP contribution is 2.16. The van der Waals surface area contributed by atoms with Crippen molar-refractivity contribution in [2.45, 2.75) is 19.4 Å². The van der Waals surface area contributed by atoms with Crippen molar-refractivity contribution < 1.29 is 9.90 Å². The lowest BCUT2D eigenvalue weighted by atomic mass is 10.1. The number of amides is 1. The molecule has 0 saturated heterocycles. The molecule has 1 heterocycles. The highest BCUT2D eigenvalue weighted by atomic mass is 16.3. The van der Waals surface area contributed by atoms with Gasteiger partial charge in [0.15, 0.2) is 0 Å². The number of H-pyrrole nitrogens is 1. The molecule has 0 aliphatic rings. The molecule has 0 bridgehead atoms. The van der Waals surface area contributed by atoms with Crippen LogP contribution in [0.1, 0.15) is 23.8 Å². The van der Waals surface area contributed by atoms with Crippen LogP contribution in [0.5, 0.6) is 0 Å². The lowest BCUT2D eigenvalue weighted by molar-refractivity contribution is 0.0910. The third-order valence-electron chi connectivity index (χ3n) is 2.94. The number of nitrogens with one attached hydrogen (secondary N) is 2. The molecule has 100 valence electrons. The van der Waals surface area contributed by atoms with Crippen molar-refractivity contribution >= 4 is 5.91 Å². The fourth-order valence-corrected chi connectivity index (χ4v) is 1.73. The van der Waals surface area contributed by atoms with Crippen LogP contribution >= 0.6 is 0 Å². The van der Waals surface area contributed by atoms with Gasteiger partial charge in [0.25, 0.3) is 5.91 Å². The van der Waals surface area contributed by atoms with Crippen LogP contribution in [0, 0.1) is 0 Å². The van der Waals surface area contributed by atoms with Crippen LogP contribution in [-0.2, 0) is 0 Å². The summed E-state index contributed by atoms with van der Waals surface area (Å²) in [6.07, 6.45) is 0.682. The van der Waals surface area contributed by atoms with E-state index in [0.717, 1.165) is 11.3 Å². The third kappa shape index (κ3) is 3.20. The van der Waals surface area contributed by atoms with Crippen molar-refractivity contribution in [3.63, 3.8) is 0 Å². The van der Waals surface area contributed by atoms with Gasteiger partial charge in [-0.05, 0) is 12.5 Å². The van der Waals surface area contributed by atoms with Gasteiger partial charge in [0.1, 0.15) is 5.69 Å². The number of aromatic nitrogens is 2. The van der Waals surface area contributed by atoms with Crippen molar-refractivity contribution in [2.24, 2.45) is 0 Å². The Hall–Kier alpha value is -2.14. The number of rotatable bonds is 5. The second kappa shape index (κ2) is 6.15. The van der Waals surface area contributed by atoms with E-state index in [4.69, 9.17) is 5.11 Å². The van der Waals surface area contributed by atoms with E-state index in [9.17, 15) is 4.79 Å². The standard InChI is InChI=1S/C14H17N3O2/c1-2-11(9-18)15-14(19)13-8-12(16-17-13)10-6-4-3-5-7-10/h3-8,11,18H,2,9H2,1H3,(H,15,19)(H,16,17)/t11-/m1/s1. The SMILES string of the molecule is CC[C@H](CO)NC(=O)c1cc(-c2ccccc2)n[nH]1. The minimum atomic E-state index is -0.254. The highest BCUT2D eigenvalue weighted by molar-refractivity contribution is 5.93. The predicted octanol–water partition coefficient (Wildman–Crippen LogP) is 1.58. The average Bonchev–Trinajstić information content (AvgIpc) is 2.95. The zero-order valence-electron chi connectivity index (χ0n) is 10.8. The van der Waals surface area contributed by atoms with E-state index in [1.54, 1.807) is 6.07 Å². The van der Waals surface area contributed by atoms with Crippen LogP contribution in [0.2, 0.25) is 0 Å². The quantitative estimate of drug-likeness (QED) is 0.762. The largest absolute Gasteiger partial charge is 0.394 e. The molecule has 3 N–H and O–H groups in total. The van der Waals surface area contributed by atoms with Gasteiger partial charge in [-0.25, -0.2) is 0 Å². The summed E-state index contributed by atoms with van der Waals surface area (Å²) in [5.74, 6) is -0.254. The minimum absolute atomic E-state index is 0.0675. The van der Waals surface area contributed by atoms with Gasteiger partial charge in [-0.15, -0.1) is 0 Å². The summed E-state index contributed by atoms with van der Waals surface area (Å²) in [7, 11) is 0. The van der Waals surface area contributed by atoms with E-state index in [1.807, 2.05) is 37.3 Å². The van der Waals surface area contributed by atoms with Gasteiger partial charge < -0.3 is 10.4 Å². The molecule has 0 radical (unpaired) electrons. The first kappa shape index (κ1) is 13.3. The van der Waals surface area contributed by atoms with E-state index in [1.165, 1.54) is 0 Å². The van der Waals surface area contributed by atoms with Gasteiger partial charge in [-0.1, -0.05) is 37.3 Å². The Morgan fingerprint density at radius 2 is 2.16 bits per heavy atom. The highest BCUT2D eigenvalue weighted by Gasteiger charge is 2.14. The summed E-state index contributed by atoms with van der Waals surface area (Å²) < 4.78 is 0. The number of aliphatic hydroxyl groups excluding tert-OH is 1. The van der Waals surface area contributed by atoms with E-state index in [-0.39, 0.29) is 18.6 Å². The van der Waals surface area contributed by atoms with Crippen molar-refractivity contribution in [3.05, 3.63) is 42.1 Å². The fourth-order valence-electron chi connectivity index (χ4n) is 1.73. The summed E-state index contributed by atoms with van der Waals surface area (Å²) in [5.41, 5.74) is 2.07. The molecule has 0 saturated carbocycles. The van der Waals surface area contributed by atoms with Crippen LogP contribution in [0.15, 0.2) is 36.4 Å². The number of carbonyl (C=O) groups excluding carboxylic acids is 1. The van der Waals surface area contributed by atoms with Crippen LogP contribution < -0.4 is 5.32 Å². The molecule has 5 nitrogen and oxygen atoms in total. The second-order valence-electron chi connectivity index (χ2n) is 4.29. The fraction of sp³-hybridized carbons (Fsp3) is 0.286. The molecule has 0 fully saturated rings.